The summed E-state index contributed by atoms with van der Waals surface area (Å²) in [5, 5.41) is 0. The Labute approximate surface area is 109 Å². The van der Waals surface area contributed by atoms with Crippen LogP contribution in [0.25, 0.3) is 0 Å². The lowest BCUT2D eigenvalue weighted by Crippen LogP contribution is -2.32. The van der Waals surface area contributed by atoms with E-state index >= 15 is 0 Å². The molecule has 94 valence electrons. The molecule has 1 aromatic rings. The Kier molecular flexibility index (Phi) is 4.17. The average molecular weight is 302 g/mol. The van der Waals surface area contributed by atoms with E-state index in [1.54, 1.807) is 6.07 Å². The van der Waals surface area contributed by atoms with Gasteiger partial charge in [-0.15, -0.1) is 0 Å². The second kappa shape index (κ2) is 5.46. The molecule has 0 aromatic heterocycles. The zero-order chi connectivity index (χ0) is 12.4. The summed E-state index contributed by atoms with van der Waals surface area (Å²) in [4.78, 5) is 0. The smallest absolute Gasteiger partial charge is 0.124 e. The van der Waals surface area contributed by atoms with Crippen LogP contribution in [0.4, 0.5) is 4.39 Å². The lowest BCUT2D eigenvalue weighted by atomic mass is 9.92. The van der Waals surface area contributed by atoms with E-state index < -0.39 is 0 Å². The van der Waals surface area contributed by atoms with Crippen LogP contribution < -0.4 is 5.73 Å². The van der Waals surface area contributed by atoms with Gasteiger partial charge >= 0.3 is 0 Å². The molecule has 1 fully saturated rings. The van der Waals surface area contributed by atoms with Crippen LogP contribution in [0.15, 0.2) is 22.7 Å². The monoisotopic (exact) mass is 301 g/mol. The van der Waals surface area contributed by atoms with Crippen LogP contribution >= 0.6 is 15.9 Å². The fourth-order valence-electron chi connectivity index (χ4n) is 2.26. The molecule has 0 spiro atoms. The van der Waals surface area contributed by atoms with Gasteiger partial charge < -0.3 is 10.5 Å². The number of hydrogen-bond donors (Lipinski definition) is 1. The lowest BCUT2D eigenvalue weighted by molar-refractivity contribution is 0.118. The number of benzene rings is 1. The molecule has 2 nitrogen and oxygen atoms in total. The van der Waals surface area contributed by atoms with Crippen molar-refractivity contribution in [1.29, 1.82) is 0 Å². The van der Waals surface area contributed by atoms with Crippen molar-refractivity contribution in [1.82, 2.24) is 0 Å². The van der Waals surface area contributed by atoms with Crippen LogP contribution in [0, 0.1) is 11.7 Å². The molecule has 3 unspecified atom stereocenters. The molecule has 2 N–H and O–H groups in total. The maximum atomic E-state index is 13.0. The normalized spacial score (nSPS) is 26.1. The van der Waals surface area contributed by atoms with E-state index in [0.717, 1.165) is 29.5 Å². The molecular formula is C13H17BrFNO. The van der Waals surface area contributed by atoms with Crippen molar-refractivity contribution in [3.05, 3.63) is 34.1 Å². The molecule has 1 heterocycles. The number of halogens is 2. The number of rotatable bonds is 3. The lowest BCUT2D eigenvalue weighted by Gasteiger charge is -2.18. The molecule has 0 bridgehead atoms. The number of hydrogen-bond acceptors (Lipinski definition) is 2. The van der Waals surface area contributed by atoms with Crippen LogP contribution in [0.2, 0.25) is 0 Å². The van der Waals surface area contributed by atoms with Gasteiger partial charge in [0.05, 0.1) is 12.7 Å². The molecule has 1 aliphatic rings. The van der Waals surface area contributed by atoms with Crippen molar-refractivity contribution in [2.24, 2.45) is 11.7 Å². The van der Waals surface area contributed by atoms with E-state index in [1.807, 2.05) is 0 Å². The van der Waals surface area contributed by atoms with Gasteiger partial charge in [0.2, 0.25) is 0 Å². The Morgan fingerprint density at radius 3 is 2.94 bits per heavy atom. The Hall–Kier alpha value is -0.450. The van der Waals surface area contributed by atoms with Crippen molar-refractivity contribution < 1.29 is 9.13 Å². The molecule has 1 aromatic carbocycles. The largest absolute Gasteiger partial charge is 0.378 e. The molecular weight excluding hydrogens is 285 g/mol. The zero-order valence-corrected chi connectivity index (χ0v) is 11.4. The van der Waals surface area contributed by atoms with Gasteiger partial charge in [0.25, 0.3) is 0 Å². The summed E-state index contributed by atoms with van der Waals surface area (Å²) in [5.74, 6) is 0.175. The van der Waals surface area contributed by atoms with Gasteiger partial charge in [-0.05, 0) is 37.5 Å². The van der Waals surface area contributed by atoms with Crippen molar-refractivity contribution in [2.75, 3.05) is 6.61 Å². The minimum atomic E-state index is -0.230. The predicted octanol–water partition coefficient (Wildman–Crippen LogP) is 2.88. The zero-order valence-electron chi connectivity index (χ0n) is 9.83. The third kappa shape index (κ3) is 3.27. The fourth-order valence-corrected chi connectivity index (χ4v) is 2.77. The number of nitrogens with two attached hydrogens (primary N) is 1. The Morgan fingerprint density at radius 2 is 2.35 bits per heavy atom. The summed E-state index contributed by atoms with van der Waals surface area (Å²) in [7, 11) is 0. The van der Waals surface area contributed by atoms with Gasteiger partial charge in [-0.25, -0.2) is 4.39 Å². The third-order valence-corrected chi connectivity index (χ3v) is 4.04. The first-order valence-electron chi connectivity index (χ1n) is 5.87. The molecule has 4 heteroatoms. The molecule has 17 heavy (non-hydrogen) atoms. The summed E-state index contributed by atoms with van der Waals surface area (Å²) < 4.78 is 19.3. The maximum absolute atomic E-state index is 13.0. The minimum Gasteiger partial charge on any atom is -0.378 e. The SMILES string of the molecule is CC1CC(C(N)Cc2ccc(F)cc2Br)CO1. The molecule has 3 atom stereocenters. The Morgan fingerprint density at radius 1 is 1.59 bits per heavy atom. The van der Waals surface area contributed by atoms with E-state index in [0.29, 0.717) is 12.0 Å². The van der Waals surface area contributed by atoms with E-state index in [4.69, 9.17) is 10.5 Å². The standard InChI is InChI=1S/C13H17BrFNO/c1-8-4-10(7-17-8)13(16)5-9-2-3-11(15)6-12(9)14/h2-3,6,8,10,13H,4-5,7,16H2,1H3. The van der Waals surface area contributed by atoms with E-state index in [2.05, 4.69) is 22.9 Å². The quantitative estimate of drug-likeness (QED) is 0.932. The summed E-state index contributed by atoms with van der Waals surface area (Å²) in [6.07, 6.45) is 2.07. The summed E-state index contributed by atoms with van der Waals surface area (Å²) in [6.45, 7) is 2.81. The summed E-state index contributed by atoms with van der Waals surface area (Å²) in [6, 6.07) is 4.82. The van der Waals surface area contributed by atoms with E-state index in [-0.39, 0.29) is 11.9 Å². The highest BCUT2D eigenvalue weighted by molar-refractivity contribution is 9.10. The predicted molar refractivity (Wildman–Crippen MR) is 69.3 cm³/mol. The van der Waals surface area contributed by atoms with Crippen molar-refractivity contribution in [3.8, 4) is 0 Å². The van der Waals surface area contributed by atoms with Crippen molar-refractivity contribution >= 4 is 15.9 Å². The van der Waals surface area contributed by atoms with Gasteiger partial charge in [0, 0.05) is 16.4 Å². The highest BCUT2D eigenvalue weighted by atomic mass is 79.9. The van der Waals surface area contributed by atoms with Gasteiger partial charge in [-0.2, -0.15) is 0 Å². The van der Waals surface area contributed by atoms with Crippen LogP contribution in [-0.4, -0.2) is 18.8 Å². The highest BCUT2D eigenvalue weighted by Crippen LogP contribution is 2.25. The average Bonchev–Trinajstić information content (AvgIpc) is 2.69. The highest BCUT2D eigenvalue weighted by Gasteiger charge is 2.27. The molecule has 1 aliphatic heterocycles. The molecule has 0 amide bonds. The van der Waals surface area contributed by atoms with E-state index in [1.165, 1.54) is 12.1 Å². The molecule has 1 saturated heterocycles. The number of ether oxygens (including phenoxy) is 1. The summed E-state index contributed by atoms with van der Waals surface area (Å²) in [5.41, 5.74) is 7.24. The van der Waals surface area contributed by atoms with Gasteiger partial charge in [0.15, 0.2) is 0 Å². The first-order valence-corrected chi connectivity index (χ1v) is 6.66. The second-order valence-corrected chi connectivity index (χ2v) is 5.60. The topological polar surface area (TPSA) is 35.2 Å². The van der Waals surface area contributed by atoms with Crippen LogP contribution in [0.1, 0.15) is 18.9 Å². The Balaban J connectivity index is 2.00. The third-order valence-electron chi connectivity index (χ3n) is 3.31. The van der Waals surface area contributed by atoms with Gasteiger partial charge in [-0.1, -0.05) is 22.0 Å². The van der Waals surface area contributed by atoms with Gasteiger partial charge in [-0.3, -0.25) is 0 Å². The first-order chi connectivity index (χ1) is 8.06. The van der Waals surface area contributed by atoms with E-state index in [9.17, 15) is 4.39 Å². The second-order valence-electron chi connectivity index (χ2n) is 4.74. The van der Waals surface area contributed by atoms with Crippen molar-refractivity contribution in [2.45, 2.75) is 31.9 Å². The Bertz CT molecular complexity index is 399. The molecule has 2 rings (SSSR count). The van der Waals surface area contributed by atoms with Crippen LogP contribution in [-0.2, 0) is 11.2 Å². The van der Waals surface area contributed by atoms with Crippen molar-refractivity contribution in [3.63, 3.8) is 0 Å². The minimum absolute atomic E-state index is 0.0710. The molecule has 0 aliphatic carbocycles. The molecule has 0 saturated carbocycles. The fraction of sp³-hybridized carbons (Fsp3) is 0.538. The van der Waals surface area contributed by atoms with Crippen LogP contribution in [0.3, 0.4) is 0 Å². The van der Waals surface area contributed by atoms with Gasteiger partial charge in [0.1, 0.15) is 5.82 Å². The maximum Gasteiger partial charge on any atom is 0.124 e. The summed E-state index contributed by atoms with van der Waals surface area (Å²) >= 11 is 3.37. The first kappa shape index (κ1) is 13.0. The van der Waals surface area contributed by atoms with Crippen LogP contribution in [0.5, 0.6) is 0 Å². The molecule has 0 radical (unpaired) electrons.